The lowest BCUT2D eigenvalue weighted by Crippen LogP contribution is -2.88. The fraction of sp³-hybridized carbons (Fsp3) is 1.00. The molecule has 0 bridgehead atoms. The second-order valence-electron chi connectivity index (χ2n) is 5.38. The molecule has 9 N–H and O–H groups in total. The van der Waals surface area contributed by atoms with Crippen LogP contribution < -0.4 is 22.1 Å². The first kappa shape index (κ1) is 41.1. The van der Waals surface area contributed by atoms with Crippen LogP contribution in [-0.4, -0.2) is 94.7 Å². The van der Waals surface area contributed by atoms with Crippen LogP contribution in [0.1, 0.15) is 6.42 Å². The standard InChI is InChI=1S/C7H20N4.3CHF3O3S/c8-2-6-10-4-1-5-11-7-3-9;3*2-1(3,4)8(5,6)7/h10-11H,1-9H2;3*(H,5,6,7). The van der Waals surface area contributed by atoms with Crippen LogP contribution in [0.5, 0.6) is 0 Å². The predicted molar refractivity (Wildman–Crippen MR) is 91.9 cm³/mol. The van der Waals surface area contributed by atoms with E-state index >= 15 is 0 Å². The minimum absolute atomic E-state index is 0.989. The van der Waals surface area contributed by atoms with Gasteiger partial charge in [0.25, 0.3) is 0 Å². The molecule has 0 amide bonds. The van der Waals surface area contributed by atoms with Crippen molar-refractivity contribution in [3.8, 4) is 0 Å². The van der Waals surface area contributed by atoms with Gasteiger partial charge in [0.2, 0.25) is 0 Å². The summed E-state index contributed by atoms with van der Waals surface area (Å²) in [5.74, 6) is 0. The number of hydrogen-bond acceptors (Lipinski definition) is 10. The molecule has 0 rings (SSSR count). The highest BCUT2D eigenvalue weighted by Gasteiger charge is 2.38. The van der Waals surface area contributed by atoms with E-state index in [0.717, 1.165) is 32.7 Å². The third-order valence-electron chi connectivity index (χ3n) is 2.37. The van der Waals surface area contributed by atoms with Crippen molar-refractivity contribution >= 4 is 30.4 Å². The number of hydrogen-bond donors (Lipinski definition) is 4. The van der Waals surface area contributed by atoms with Gasteiger partial charge in [0.15, 0.2) is 30.4 Å². The van der Waals surface area contributed by atoms with Crippen molar-refractivity contribution in [1.29, 1.82) is 0 Å². The molecule has 0 aliphatic carbocycles. The Labute approximate surface area is 193 Å². The molecule has 0 heterocycles. The van der Waals surface area contributed by atoms with E-state index in [0.29, 0.717) is 0 Å². The van der Waals surface area contributed by atoms with Gasteiger partial charge in [-0.25, -0.2) is 25.3 Å². The maximum absolute atomic E-state index is 10.7. The quantitative estimate of drug-likeness (QED) is 0.0901. The lowest BCUT2D eigenvalue weighted by Gasteiger charge is -2.08. The predicted octanol–water partition coefficient (Wildman–Crippen LogP) is -3.83. The van der Waals surface area contributed by atoms with Crippen molar-refractivity contribution in [2.75, 3.05) is 39.3 Å². The van der Waals surface area contributed by atoms with E-state index in [-0.39, 0.29) is 0 Å². The monoisotopic (exact) mass is 610 g/mol. The molecule has 0 aromatic heterocycles. The Bertz CT molecular complexity index is 751. The topological polar surface area (TPSA) is 256 Å². The molecular weight excluding hydrogens is 587 g/mol. The summed E-state index contributed by atoms with van der Waals surface area (Å²) >= 11 is 0. The van der Waals surface area contributed by atoms with Crippen molar-refractivity contribution < 1.29 is 95.2 Å². The first-order valence-corrected chi connectivity index (χ1v) is 12.6. The number of quaternary nitrogens is 3. The van der Waals surface area contributed by atoms with E-state index in [2.05, 4.69) is 22.1 Å². The van der Waals surface area contributed by atoms with Gasteiger partial charge in [-0.3, -0.25) is 0 Å². The third kappa shape index (κ3) is 27.4. The second kappa shape index (κ2) is 17.4. The van der Waals surface area contributed by atoms with E-state index in [1.165, 1.54) is 13.0 Å². The Morgan fingerprint density at radius 3 is 1.09 bits per heavy atom. The van der Waals surface area contributed by atoms with E-state index in [1.54, 1.807) is 0 Å². The summed E-state index contributed by atoms with van der Waals surface area (Å²) < 4.78 is 177. The zero-order chi connectivity index (χ0) is 29.4. The van der Waals surface area contributed by atoms with Crippen molar-refractivity contribution in [2.24, 2.45) is 0 Å². The SMILES string of the molecule is O=S(=O)([O-])C(F)(F)F.O=S(=O)([O-])C(F)(F)F.O=S(=O)([O-])C(F)(F)F.[NH3+]CCNCCC[NH2+]CC[NH3+]. The van der Waals surface area contributed by atoms with Crippen LogP contribution in [0, 0.1) is 0 Å². The Morgan fingerprint density at radius 2 is 0.886 bits per heavy atom. The van der Waals surface area contributed by atoms with Crippen molar-refractivity contribution in [3.05, 3.63) is 0 Å². The van der Waals surface area contributed by atoms with Crippen LogP contribution >= 0.6 is 0 Å². The Kier molecular flexibility index (Phi) is 20.4. The van der Waals surface area contributed by atoms with Crippen molar-refractivity contribution in [1.82, 2.24) is 5.32 Å². The van der Waals surface area contributed by atoms with E-state index in [1.807, 2.05) is 0 Å². The average Bonchev–Trinajstić information content (AvgIpc) is 2.57. The molecule has 0 saturated heterocycles. The molecule has 0 radical (unpaired) electrons. The van der Waals surface area contributed by atoms with E-state index in [9.17, 15) is 39.5 Å². The van der Waals surface area contributed by atoms with Crippen LogP contribution in [0.25, 0.3) is 0 Å². The Morgan fingerprint density at radius 1 is 0.600 bits per heavy atom. The van der Waals surface area contributed by atoms with Gasteiger partial charge in [-0.15, -0.1) is 0 Å². The van der Waals surface area contributed by atoms with Crippen LogP contribution in [0.4, 0.5) is 39.5 Å². The van der Waals surface area contributed by atoms with Gasteiger partial charge in [0, 0.05) is 19.5 Å². The summed E-state index contributed by atoms with van der Waals surface area (Å²) in [7, 11) is -18.3. The highest BCUT2D eigenvalue weighted by Crippen LogP contribution is 2.21. The van der Waals surface area contributed by atoms with Crippen LogP contribution in [0.3, 0.4) is 0 Å². The summed E-state index contributed by atoms with van der Waals surface area (Å²) in [5.41, 5.74) is -9.41. The molecule has 218 valence electrons. The number of halogens is 9. The average molecular weight is 610 g/mol. The lowest BCUT2D eigenvalue weighted by atomic mass is 10.4. The zero-order valence-corrected chi connectivity index (χ0v) is 19.7. The van der Waals surface area contributed by atoms with Crippen molar-refractivity contribution in [2.45, 2.75) is 22.9 Å². The largest absolute Gasteiger partial charge is 0.741 e. The molecule has 13 nitrogen and oxygen atoms in total. The molecule has 0 unspecified atom stereocenters. The van der Waals surface area contributed by atoms with Gasteiger partial charge in [0.1, 0.15) is 13.1 Å². The molecule has 0 aromatic carbocycles. The summed E-state index contributed by atoms with van der Waals surface area (Å²) in [5, 5.41) is 5.63. The molecule has 0 atom stereocenters. The van der Waals surface area contributed by atoms with E-state index < -0.39 is 46.9 Å². The molecule has 25 heteroatoms. The molecule has 0 spiro atoms. The molecule has 0 aliphatic heterocycles. The van der Waals surface area contributed by atoms with Gasteiger partial charge >= 0.3 is 16.5 Å². The summed E-state index contributed by atoms with van der Waals surface area (Å²) in [6.45, 7) is 6.59. The van der Waals surface area contributed by atoms with Gasteiger partial charge in [-0.05, 0) is 0 Å². The lowest BCUT2D eigenvalue weighted by molar-refractivity contribution is -0.670. The number of nitrogens with two attached hydrogens (primary N) is 1. The first-order chi connectivity index (χ1) is 15.2. The summed E-state index contributed by atoms with van der Waals surface area (Å²) in [6, 6.07) is 0. The highest BCUT2D eigenvalue weighted by atomic mass is 32.2. The van der Waals surface area contributed by atoms with Gasteiger partial charge in [0.05, 0.1) is 13.1 Å². The van der Waals surface area contributed by atoms with Gasteiger partial charge < -0.3 is 35.8 Å². The minimum atomic E-state index is -6.09. The smallest absolute Gasteiger partial charge is 0.485 e. The fourth-order valence-electron chi connectivity index (χ4n) is 0.910. The molecule has 0 fully saturated rings. The molecule has 35 heavy (non-hydrogen) atoms. The van der Waals surface area contributed by atoms with Crippen LogP contribution in [0.15, 0.2) is 0 Å². The second-order valence-corrected chi connectivity index (χ2v) is 9.49. The normalized spacial score (nSPS) is 12.9. The van der Waals surface area contributed by atoms with Crippen LogP contribution in [0.2, 0.25) is 0 Å². The molecule has 0 aromatic rings. The Hall–Kier alpha value is -1.06. The number of alkyl halides is 9. The minimum Gasteiger partial charge on any atom is -0.741 e. The molecular formula is C10H23F9N4O9S3. The molecule has 0 aliphatic rings. The first-order valence-electron chi connectivity index (χ1n) is 8.34. The third-order valence-corrected chi connectivity index (χ3v) is 4.07. The van der Waals surface area contributed by atoms with Gasteiger partial charge in [-0.2, -0.15) is 39.5 Å². The fourth-order valence-corrected chi connectivity index (χ4v) is 0.910. The maximum atomic E-state index is 10.7. The number of nitrogens with one attached hydrogen (secondary N) is 1. The zero-order valence-electron chi connectivity index (χ0n) is 17.2. The Balaban J connectivity index is -0.000000185. The van der Waals surface area contributed by atoms with Crippen LogP contribution in [-0.2, 0) is 30.4 Å². The van der Waals surface area contributed by atoms with Crippen molar-refractivity contribution in [3.63, 3.8) is 0 Å². The maximum Gasteiger partial charge on any atom is 0.485 e. The van der Waals surface area contributed by atoms with E-state index in [4.69, 9.17) is 38.9 Å². The highest BCUT2D eigenvalue weighted by molar-refractivity contribution is 7.87. The summed E-state index contributed by atoms with van der Waals surface area (Å²) in [6.07, 6.45) is 1.25. The summed E-state index contributed by atoms with van der Waals surface area (Å²) in [4.78, 5) is 0. The molecule has 0 saturated carbocycles. The number of rotatable bonds is 8. The van der Waals surface area contributed by atoms with Gasteiger partial charge in [-0.1, -0.05) is 0 Å².